The zero-order valence-corrected chi connectivity index (χ0v) is 13.1. The summed E-state index contributed by atoms with van der Waals surface area (Å²) in [6.45, 7) is 0.864. The SMILES string of the molecule is C=CCOCN(CO)c1nc(N(CO)CO)nc(N(CO)CO)n1. The molecular formula is C12H22N6O6. The fourth-order valence-electron chi connectivity index (χ4n) is 1.52. The molecule has 1 aromatic heterocycles. The highest BCUT2D eigenvalue weighted by Gasteiger charge is 2.19. The largest absolute Gasteiger partial charge is 0.376 e. The molecule has 12 heteroatoms. The summed E-state index contributed by atoms with van der Waals surface area (Å²) < 4.78 is 5.22. The summed E-state index contributed by atoms with van der Waals surface area (Å²) in [4.78, 5) is 15.3. The Morgan fingerprint density at radius 1 is 0.750 bits per heavy atom. The van der Waals surface area contributed by atoms with E-state index in [4.69, 9.17) is 4.74 Å². The summed E-state index contributed by atoms with van der Waals surface area (Å²) >= 11 is 0. The Labute approximate surface area is 138 Å². The molecule has 12 nitrogen and oxygen atoms in total. The standard InChI is InChI=1S/C12H22N6O6/c1-2-3-24-9-18(8-23)12-14-10(16(4-19)5-20)13-11(15-12)17(6-21)7-22/h2,19-23H,1,3-9H2. The minimum Gasteiger partial charge on any atom is -0.376 e. The highest BCUT2D eigenvalue weighted by molar-refractivity contribution is 5.45. The van der Waals surface area contributed by atoms with Crippen LogP contribution in [-0.2, 0) is 4.74 Å². The average molecular weight is 346 g/mol. The molecule has 0 aliphatic carbocycles. The number of aromatic nitrogens is 3. The van der Waals surface area contributed by atoms with Crippen molar-refractivity contribution in [3.05, 3.63) is 12.7 Å². The van der Waals surface area contributed by atoms with E-state index in [-0.39, 0.29) is 31.2 Å². The van der Waals surface area contributed by atoms with Crippen molar-refractivity contribution < 1.29 is 30.3 Å². The highest BCUT2D eigenvalue weighted by Crippen LogP contribution is 2.18. The molecule has 0 aromatic carbocycles. The van der Waals surface area contributed by atoms with Crippen molar-refractivity contribution in [3.63, 3.8) is 0 Å². The maximum atomic E-state index is 9.46. The summed E-state index contributed by atoms with van der Waals surface area (Å²) in [6, 6.07) is 0. The third-order valence-electron chi connectivity index (χ3n) is 2.78. The van der Waals surface area contributed by atoms with Crippen LogP contribution in [0.3, 0.4) is 0 Å². The molecule has 1 rings (SSSR count). The van der Waals surface area contributed by atoms with Gasteiger partial charge in [0.15, 0.2) is 0 Å². The van der Waals surface area contributed by atoms with E-state index in [2.05, 4.69) is 21.5 Å². The Balaban J connectivity index is 3.22. The van der Waals surface area contributed by atoms with Crippen LogP contribution >= 0.6 is 0 Å². The molecule has 0 spiro atoms. The minimum atomic E-state index is -0.580. The predicted molar refractivity (Wildman–Crippen MR) is 83.7 cm³/mol. The molecule has 0 aliphatic rings. The first-order valence-corrected chi connectivity index (χ1v) is 6.88. The highest BCUT2D eigenvalue weighted by atomic mass is 16.5. The van der Waals surface area contributed by atoms with Crippen molar-refractivity contribution >= 4 is 17.8 Å². The summed E-state index contributed by atoms with van der Waals surface area (Å²) in [5.74, 6) is -0.275. The van der Waals surface area contributed by atoms with E-state index < -0.39 is 33.7 Å². The fraction of sp³-hybridized carbons (Fsp3) is 0.583. The predicted octanol–water partition coefficient (Wildman–Crippen LogP) is -2.80. The van der Waals surface area contributed by atoms with Crippen molar-refractivity contribution in [2.75, 3.05) is 61.7 Å². The van der Waals surface area contributed by atoms with Crippen LogP contribution in [-0.4, -0.2) is 87.5 Å². The summed E-state index contributed by atoms with van der Waals surface area (Å²) in [6.07, 6.45) is 1.53. The van der Waals surface area contributed by atoms with Crippen LogP contribution in [0.2, 0.25) is 0 Å². The zero-order valence-electron chi connectivity index (χ0n) is 13.1. The minimum absolute atomic E-state index is 0.0413. The molecule has 1 heterocycles. The molecule has 0 radical (unpaired) electrons. The van der Waals surface area contributed by atoms with Crippen LogP contribution in [0.25, 0.3) is 0 Å². The zero-order chi connectivity index (χ0) is 17.9. The van der Waals surface area contributed by atoms with Gasteiger partial charge in [0.05, 0.1) is 6.61 Å². The lowest BCUT2D eigenvalue weighted by Gasteiger charge is -2.25. The van der Waals surface area contributed by atoms with Gasteiger partial charge in [0.2, 0.25) is 17.8 Å². The van der Waals surface area contributed by atoms with E-state index >= 15 is 0 Å². The van der Waals surface area contributed by atoms with Crippen LogP contribution in [0, 0.1) is 0 Å². The smallest absolute Gasteiger partial charge is 0.235 e. The monoisotopic (exact) mass is 346 g/mol. The Morgan fingerprint density at radius 2 is 1.12 bits per heavy atom. The molecule has 0 fully saturated rings. The molecule has 24 heavy (non-hydrogen) atoms. The van der Waals surface area contributed by atoms with Crippen LogP contribution in [0.5, 0.6) is 0 Å². The Kier molecular flexibility index (Phi) is 8.85. The van der Waals surface area contributed by atoms with Gasteiger partial charge in [-0.05, 0) is 0 Å². The molecule has 0 bridgehead atoms. The second-order valence-corrected chi connectivity index (χ2v) is 4.35. The van der Waals surface area contributed by atoms with Gasteiger partial charge in [0.1, 0.15) is 40.4 Å². The number of nitrogens with zero attached hydrogens (tertiary/aromatic N) is 6. The van der Waals surface area contributed by atoms with Crippen LogP contribution in [0.1, 0.15) is 0 Å². The molecular weight excluding hydrogens is 324 g/mol. The normalized spacial score (nSPS) is 10.5. The van der Waals surface area contributed by atoms with Gasteiger partial charge >= 0.3 is 0 Å². The fourth-order valence-corrected chi connectivity index (χ4v) is 1.52. The third-order valence-corrected chi connectivity index (χ3v) is 2.78. The number of aliphatic hydroxyl groups is 5. The van der Waals surface area contributed by atoms with Gasteiger partial charge in [0, 0.05) is 0 Å². The number of rotatable bonds is 12. The molecule has 0 amide bonds. The third kappa shape index (κ3) is 5.23. The maximum absolute atomic E-state index is 9.46. The van der Waals surface area contributed by atoms with Gasteiger partial charge in [-0.2, -0.15) is 15.0 Å². The summed E-state index contributed by atoms with van der Waals surface area (Å²) in [5, 5.41) is 46.4. The van der Waals surface area contributed by atoms with E-state index in [1.807, 2.05) is 0 Å². The lowest BCUT2D eigenvalue weighted by atomic mass is 10.6. The topological polar surface area (TPSA) is 159 Å². The summed E-state index contributed by atoms with van der Waals surface area (Å²) in [7, 11) is 0. The lowest BCUT2D eigenvalue weighted by molar-refractivity contribution is 0.139. The number of hydrogen-bond acceptors (Lipinski definition) is 12. The van der Waals surface area contributed by atoms with Crippen molar-refractivity contribution in [2.45, 2.75) is 0 Å². The number of ether oxygens (including phenoxy) is 1. The van der Waals surface area contributed by atoms with Crippen molar-refractivity contribution in [1.82, 2.24) is 15.0 Å². The van der Waals surface area contributed by atoms with E-state index in [0.29, 0.717) is 0 Å². The molecule has 5 N–H and O–H groups in total. The molecule has 136 valence electrons. The van der Waals surface area contributed by atoms with Gasteiger partial charge in [-0.15, -0.1) is 6.58 Å². The second-order valence-electron chi connectivity index (χ2n) is 4.35. The molecule has 1 aromatic rings. The summed E-state index contributed by atoms with van der Waals surface area (Å²) in [5.41, 5.74) is 0. The van der Waals surface area contributed by atoms with Crippen LogP contribution in [0.4, 0.5) is 17.8 Å². The van der Waals surface area contributed by atoms with E-state index in [0.717, 1.165) is 9.80 Å². The van der Waals surface area contributed by atoms with Crippen molar-refractivity contribution in [3.8, 4) is 0 Å². The van der Waals surface area contributed by atoms with Crippen LogP contribution < -0.4 is 14.7 Å². The number of anilines is 3. The molecule has 0 unspecified atom stereocenters. The number of hydrogen-bond donors (Lipinski definition) is 5. The molecule has 0 atom stereocenters. The van der Waals surface area contributed by atoms with E-state index in [1.165, 1.54) is 11.0 Å². The Bertz CT molecular complexity index is 469. The molecule has 0 saturated carbocycles. The number of aliphatic hydroxyl groups excluding tert-OH is 5. The average Bonchev–Trinajstić information content (AvgIpc) is 2.61. The quantitative estimate of drug-likeness (QED) is 0.150. The molecule has 0 saturated heterocycles. The van der Waals surface area contributed by atoms with Crippen molar-refractivity contribution in [2.24, 2.45) is 0 Å². The first-order chi connectivity index (χ1) is 11.6. The van der Waals surface area contributed by atoms with E-state index in [1.54, 1.807) is 0 Å². The van der Waals surface area contributed by atoms with Gasteiger partial charge in [-0.25, -0.2) is 0 Å². The van der Waals surface area contributed by atoms with Gasteiger partial charge in [-0.3, -0.25) is 14.7 Å². The van der Waals surface area contributed by atoms with Gasteiger partial charge in [0.25, 0.3) is 0 Å². The Hall–Kier alpha value is -2.09. The first-order valence-electron chi connectivity index (χ1n) is 6.88. The second kappa shape index (κ2) is 10.6. The first kappa shape index (κ1) is 20.0. The van der Waals surface area contributed by atoms with Crippen LogP contribution in [0.15, 0.2) is 12.7 Å². The van der Waals surface area contributed by atoms with E-state index in [9.17, 15) is 25.5 Å². The van der Waals surface area contributed by atoms with Crippen molar-refractivity contribution in [1.29, 1.82) is 0 Å². The maximum Gasteiger partial charge on any atom is 0.235 e. The Morgan fingerprint density at radius 3 is 1.46 bits per heavy atom. The van der Waals surface area contributed by atoms with Gasteiger partial charge < -0.3 is 30.3 Å². The van der Waals surface area contributed by atoms with Gasteiger partial charge in [-0.1, -0.05) is 6.08 Å². The lowest BCUT2D eigenvalue weighted by Crippen LogP contribution is -2.34. The molecule has 0 aliphatic heterocycles.